The Morgan fingerprint density at radius 3 is 2.81 bits per heavy atom. The summed E-state index contributed by atoms with van der Waals surface area (Å²) in [6, 6.07) is 12.7. The summed E-state index contributed by atoms with van der Waals surface area (Å²) in [5.41, 5.74) is 4.30. The van der Waals surface area contributed by atoms with Crippen LogP contribution in [0, 0.1) is 6.92 Å². The van der Waals surface area contributed by atoms with Crippen molar-refractivity contribution < 1.29 is 4.74 Å². The highest BCUT2D eigenvalue weighted by Crippen LogP contribution is 2.23. The maximum atomic E-state index is 11.5. The molecule has 0 saturated heterocycles. The number of hydrogen-bond acceptors (Lipinski definition) is 6. The van der Waals surface area contributed by atoms with Crippen LogP contribution in [0.1, 0.15) is 16.8 Å². The number of hydrogen-bond donors (Lipinski definition) is 2. The second kappa shape index (κ2) is 8.66. The molecule has 0 radical (unpaired) electrons. The number of hydrazone groups is 1. The summed E-state index contributed by atoms with van der Waals surface area (Å²) < 4.78 is 5.77. The lowest BCUT2D eigenvalue weighted by atomic mass is 10.2. The molecule has 9 heteroatoms. The lowest BCUT2D eigenvalue weighted by Crippen LogP contribution is -2.15. The molecule has 0 fully saturated rings. The van der Waals surface area contributed by atoms with Gasteiger partial charge >= 0.3 is 0 Å². The van der Waals surface area contributed by atoms with Gasteiger partial charge in [-0.3, -0.25) is 9.78 Å². The molecule has 1 heterocycles. The zero-order chi connectivity index (χ0) is 19.2. The molecule has 0 amide bonds. The standard InChI is InChI=1S/C18H15Cl2N5O2/c1-11-17(26)22-18(25-23-11)24-21-9-12-3-2-4-14(7-12)27-10-13-5-6-15(19)16(20)8-13/h2-9H,10H2,1H3,(H2,22,24,25,26)/b21-9+. The van der Waals surface area contributed by atoms with Crippen LogP contribution in [0.25, 0.3) is 0 Å². The lowest BCUT2D eigenvalue weighted by Gasteiger charge is -2.08. The molecular weight excluding hydrogens is 389 g/mol. The Bertz CT molecular complexity index is 1040. The predicted molar refractivity (Wildman–Crippen MR) is 106 cm³/mol. The van der Waals surface area contributed by atoms with Gasteiger partial charge in [0.2, 0.25) is 5.95 Å². The van der Waals surface area contributed by atoms with E-state index in [1.165, 1.54) is 0 Å². The Labute approximate surface area is 165 Å². The minimum absolute atomic E-state index is 0.161. The zero-order valence-electron chi connectivity index (χ0n) is 14.2. The van der Waals surface area contributed by atoms with E-state index in [4.69, 9.17) is 27.9 Å². The molecule has 0 bridgehead atoms. The van der Waals surface area contributed by atoms with E-state index < -0.39 is 0 Å². The van der Waals surface area contributed by atoms with E-state index in [1.54, 1.807) is 25.3 Å². The van der Waals surface area contributed by atoms with E-state index in [0.29, 0.717) is 22.4 Å². The van der Waals surface area contributed by atoms with E-state index >= 15 is 0 Å². The SMILES string of the molecule is Cc1nnc(N/N=C/c2cccc(OCc3ccc(Cl)c(Cl)c3)c2)[nH]c1=O. The summed E-state index contributed by atoms with van der Waals surface area (Å²) in [5.74, 6) is 0.836. The van der Waals surface area contributed by atoms with Crippen molar-refractivity contribution in [1.82, 2.24) is 15.2 Å². The number of aromatic amines is 1. The number of benzene rings is 2. The van der Waals surface area contributed by atoms with Crippen molar-refractivity contribution in [3.8, 4) is 5.75 Å². The third kappa shape index (κ3) is 5.29. The summed E-state index contributed by atoms with van der Waals surface area (Å²) in [6.45, 7) is 1.93. The fourth-order valence-corrected chi connectivity index (χ4v) is 2.41. The summed E-state index contributed by atoms with van der Waals surface area (Å²) in [7, 11) is 0. The topological polar surface area (TPSA) is 92.3 Å². The van der Waals surface area contributed by atoms with E-state index in [1.807, 2.05) is 30.3 Å². The Hall–Kier alpha value is -2.90. The number of anilines is 1. The normalized spacial score (nSPS) is 10.9. The first-order valence-electron chi connectivity index (χ1n) is 7.91. The van der Waals surface area contributed by atoms with Crippen molar-refractivity contribution in [2.24, 2.45) is 5.10 Å². The number of H-pyrrole nitrogens is 1. The largest absolute Gasteiger partial charge is 0.489 e. The van der Waals surface area contributed by atoms with Gasteiger partial charge in [0, 0.05) is 0 Å². The summed E-state index contributed by atoms with van der Waals surface area (Å²) >= 11 is 11.9. The fraction of sp³-hybridized carbons (Fsp3) is 0.111. The Kier molecular flexibility index (Phi) is 6.05. The van der Waals surface area contributed by atoms with Crippen LogP contribution in [-0.2, 0) is 6.61 Å². The van der Waals surface area contributed by atoms with Crippen molar-refractivity contribution in [1.29, 1.82) is 0 Å². The minimum atomic E-state index is -0.319. The third-order valence-electron chi connectivity index (χ3n) is 3.49. The minimum Gasteiger partial charge on any atom is -0.489 e. The molecule has 7 nitrogen and oxygen atoms in total. The first kappa shape index (κ1) is 18.9. The van der Waals surface area contributed by atoms with Gasteiger partial charge in [-0.15, -0.1) is 10.2 Å². The van der Waals surface area contributed by atoms with Crippen molar-refractivity contribution in [2.45, 2.75) is 13.5 Å². The lowest BCUT2D eigenvalue weighted by molar-refractivity contribution is 0.306. The van der Waals surface area contributed by atoms with Gasteiger partial charge in [-0.05, 0) is 42.3 Å². The smallest absolute Gasteiger partial charge is 0.274 e. The molecule has 1 aromatic heterocycles. The molecule has 3 rings (SSSR count). The van der Waals surface area contributed by atoms with Crippen molar-refractivity contribution in [3.63, 3.8) is 0 Å². The quantitative estimate of drug-likeness (QED) is 0.482. The molecule has 27 heavy (non-hydrogen) atoms. The van der Waals surface area contributed by atoms with Crippen LogP contribution in [0.5, 0.6) is 5.75 Å². The number of nitrogens with one attached hydrogen (secondary N) is 2. The highest BCUT2D eigenvalue weighted by molar-refractivity contribution is 6.42. The van der Waals surface area contributed by atoms with Gasteiger partial charge in [0.25, 0.3) is 5.56 Å². The van der Waals surface area contributed by atoms with Crippen LogP contribution in [0.4, 0.5) is 5.95 Å². The second-order valence-electron chi connectivity index (χ2n) is 5.57. The average molecular weight is 404 g/mol. The van der Waals surface area contributed by atoms with Crippen LogP contribution in [0.3, 0.4) is 0 Å². The average Bonchev–Trinajstić information content (AvgIpc) is 2.66. The number of aryl methyl sites for hydroxylation is 1. The molecule has 0 aliphatic heterocycles. The van der Waals surface area contributed by atoms with Crippen molar-refractivity contribution >= 4 is 35.4 Å². The first-order chi connectivity index (χ1) is 13.0. The molecule has 0 aliphatic carbocycles. The van der Waals surface area contributed by atoms with Gasteiger partial charge in [0.15, 0.2) is 0 Å². The number of nitrogens with zero attached hydrogens (tertiary/aromatic N) is 3. The van der Waals surface area contributed by atoms with Gasteiger partial charge in [0.05, 0.1) is 16.3 Å². The van der Waals surface area contributed by atoms with Crippen molar-refractivity contribution in [2.75, 3.05) is 5.43 Å². The van der Waals surface area contributed by atoms with Crippen LogP contribution in [0.2, 0.25) is 10.0 Å². The highest BCUT2D eigenvalue weighted by atomic mass is 35.5. The maximum Gasteiger partial charge on any atom is 0.274 e. The molecule has 0 atom stereocenters. The Balaban J connectivity index is 1.61. The maximum absolute atomic E-state index is 11.5. The summed E-state index contributed by atoms with van der Waals surface area (Å²) in [5, 5.41) is 12.5. The Morgan fingerprint density at radius 1 is 1.19 bits per heavy atom. The van der Waals surface area contributed by atoms with Crippen molar-refractivity contribution in [3.05, 3.63) is 79.7 Å². The number of halogens is 2. The predicted octanol–water partition coefficient (Wildman–Crippen LogP) is 3.81. The summed E-state index contributed by atoms with van der Waals surface area (Å²) in [4.78, 5) is 14.0. The molecule has 0 spiro atoms. The third-order valence-corrected chi connectivity index (χ3v) is 4.23. The van der Waals surface area contributed by atoms with E-state index in [9.17, 15) is 4.79 Å². The van der Waals surface area contributed by atoms with E-state index in [2.05, 4.69) is 25.7 Å². The van der Waals surface area contributed by atoms with Crippen LogP contribution < -0.4 is 15.7 Å². The van der Waals surface area contributed by atoms with Crippen LogP contribution in [0.15, 0.2) is 52.4 Å². The molecule has 138 valence electrons. The number of aromatic nitrogens is 3. The molecule has 2 N–H and O–H groups in total. The van der Waals surface area contributed by atoms with Gasteiger partial charge in [-0.2, -0.15) is 5.10 Å². The van der Waals surface area contributed by atoms with Gasteiger partial charge in [0.1, 0.15) is 18.1 Å². The zero-order valence-corrected chi connectivity index (χ0v) is 15.8. The van der Waals surface area contributed by atoms with Crippen LogP contribution in [-0.4, -0.2) is 21.4 Å². The van der Waals surface area contributed by atoms with Crippen LogP contribution >= 0.6 is 23.2 Å². The monoisotopic (exact) mass is 403 g/mol. The molecule has 0 saturated carbocycles. The number of ether oxygens (including phenoxy) is 1. The first-order valence-corrected chi connectivity index (χ1v) is 8.66. The fourth-order valence-electron chi connectivity index (χ4n) is 2.09. The number of rotatable bonds is 6. The van der Waals surface area contributed by atoms with E-state index in [-0.39, 0.29) is 17.2 Å². The Morgan fingerprint density at radius 2 is 2.04 bits per heavy atom. The van der Waals surface area contributed by atoms with E-state index in [0.717, 1.165) is 11.1 Å². The summed E-state index contributed by atoms with van der Waals surface area (Å²) in [6.07, 6.45) is 1.58. The van der Waals surface area contributed by atoms with Gasteiger partial charge in [-0.1, -0.05) is 41.4 Å². The molecule has 0 unspecified atom stereocenters. The molecule has 2 aromatic carbocycles. The highest BCUT2D eigenvalue weighted by Gasteiger charge is 2.02. The second-order valence-corrected chi connectivity index (χ2v) is 6.38. The molecule has 3 aromatic rings. The molecular formula is C18H15Cl2N5O2. The van der Waals surface area contributed by atoms with Gasteiger partial charge in [-0.25, -0.2) is 5.43 Å². The van der Waals surface area contributed by atoms with Gasteiger partial charge < -0.3 is 4.74 Å². The molecule has 0 aliphatic rings.